The van der Waals surface area contributed by atoms with E-state index in [1.807, 2.05) is 29.1 Å². The Bertz CT molecular complexity index is 420. The summed E-state index contributed by atoms with van der Waals surface area (Å²) in [5.74, 6) is 0. The highest BCUT2D eigenvalue weighted by atomic mass is 15.4. The standard InChI is InChI=1S/C13H17N3/c1-2-3-5-10-13-11-14-15-16(13)12-8-6-4-7-9-12/h4,6-9,11H,2-3,5,10H2,1H3. The zero-order valence-electron chi connectivity index (χ0n) is 9.63. The molecule has 0 N–H and O–H groups in total. The van der Waals surface area contributed by atoms with E-state index >= 15 is 0 Å². The Morgan fingerprint density at radius 1 is 1.12 bits per heavy atom. The van der Waals surface area contributed by atoms with Crippen LogP contribution in [0.1, 0.15) is 31.9 Å². The normalized spacial score (nSPS) is 10.6. The average Bonchev–Trinajstić information content (AvgIpc) is 2.79. The van der Waals surface area contributed by atoms with Crippen molar-refractivity contribution in [2.75, 3.05) is 0 Å². The van der Waals surface area contributed by atoms with Crippen LogP contribution in [0.15, 0.2) is 36.5 Å². The van der Waals surface area contributed by atoms with E-state index in [2.05, 4.69) is 29.4 Å². The molecule has 0 atom stereocenters. The van der Waals surface area contributed by atoms with E-state index in [1.165, 1.54) is 25.0 Å². The fourth-order valence-electron chi connectivity index (χ4n) is 1.77. The van der Waals surface area contributed by atoms with E-state index in [1.54, 1.807) is 0 Å². The lowest BCUT2D eigenvalue weighted by atomic mass is 10.1. The second-order valence-corrected chi connectivity index (χ2v) is 3.93. The van der Waals surface area contributed by atoms with E-state index in [9.17, 15) is 0 Å². The Hall–Kier alpha value is -1.64. The summed E-state index contributed by atoms with van der Waals surface area (Å²) in [6.45, 7) is 2.22. The lowest BCUT2D eigenvalue weighted by molar-refractivity contribution is 0.679. The van der Waals surface area contributed by atoms with Crippen LogP contribution in [-0.4, -0.2) is 15.0 Å². The molecule has 0 radical (unpaired) electrons. The Kier molecular flexibility index (Phi) is 3.70. The molecule has 0 aliphatic carbocycles. The first-order valence-electron chi connectivity index (χ1n) is 5.87. The predicted octanol–water partition coefficient (Wildman–Crippen LogP) is 3.00. The van der Waals surface area contributed by atoms with Gasteiger partial charge in [0.2, 0.25) is 0 Å². The van der Waals surface area contributed by atoms with E-state index < -0.39 is 0 Å². The van der Waals surface area contributed by atoms with Crippen molar-refractivity contribution >= 4 is 0 Å². The molecule has 2 rings (SSSR count). The number of hydrogen-bond acceptors (Lipinski definition) is 2. The second-order valence-electron chi connectivity index (χ2n) is 3.93. The third-order valence-electron chi connectivity index (χ3n) is 2.66. The van der Waals surface area contributed by atoms with Crippen molar-refractivity contribution in [2.24, 2.45) is 0 Å². The highest BCUT2D eigenvalue weighted by Crippen LogP contribution is 2.11. The van der Waals surface area contributed by atoms with Crippen molar-refractivity contribution in [2.45, 2.75) is 32.6 Å². The highest BCUT2D eigenvalue weighted by Gasteiger charge is 2.04. The Balaban J connectivity index is 2.13. The number of hydrogen-bond donors (Lipinski definition) is 0. The first kappa shape index (κ1) is 10.9. The molecule has 3 nitrogen and oxygen atoms in total. The fraction of sp³-hybridized carbons (Fsp3) is 0.385. The first-order chi connectivity index (χ1) is 7.92. The van der Waals surface area contributed by atoms with Crippen LogP contribution < -0.4 is 0 Å². The summed E-state index contributed by atoms with van der Waals surface area (Å²) in [7, 11) is 0. The first-order valence-corrected chi connectivity index (χ1v) is 5.87. The molecule has 0 spiro atoms. The molecule has 0 saturated carbocycles. The summed E-state index contributed by atoms with van der Waals surface area (Å²) in [5.41, 5.74) is 2.28. The maximum absolute atomic E-state index is 4.13. The Morgan fingerprint density at radius 2 is 1.94 bits per heavy atom. The van der Waals surface area contributed by atoms with Crippen LogP contribution in [-0.2, 0) is 6.42 Å². The maximum atomic E-state index is 4.13. The molecule has 0 unspecified atom stereocenters. The zero-order chi connectivity index (χ0) is 11.2. The van der Waals surface area contributed by atoms with Crippen LogP contribution in [0.5, 0.6) is 0 Å². The molecule has 3 heteroatoms. The van der Waals surface area contributed by atoms with Crippen molar-refractivity contribution in [1.29, 1.82) is 0 Å². The second kappa shape index (κ2) is 5.45. The molecule has 0 aliphatic heterocycles. The quantitative estimate of drug-likeness (QED) is 0.718. The molecule has 0 bridgehead atoms. The summed E-state index contributed by atoms with van der Waals surface area (Å²) in [6.07, 6.45) is 6.63. The van der Waals surface area contributed by atoms with Crippen molar-refractivity contribution < 1.29 is 0 Å². The van der Waals surface area contributed by atoms with Crippen molar-refractivity contribution in [3.63, 3.8) is 0 Å². The van der Waals surface area contributed by atoms with Crippen LogP contribution in [0.2, 0.25) is 0 Å². The molecule has 0 amide bonds. The van der Waals surface area contributed by atoms with Gasteiger partial charge in [0, 0.05) is 0 Å². The number of unbranched alkanes of at least 4 members (excludes halogenated alkanes) is 2. The van der Waals surface area contributed by atoms with E-state index in [0.717, 1.165) is 12.1 Å². The maximum Gasteiger partial charge on any atom is 0.0729 e. The third-order valence-corrected chi connectivity index (χ3v) is 2.66. The summed E-state index contributed by atoms with van der Waals surface area (Å²) in [5, 5.41) is 8.12. The highest BCUT2D eigenvalue weighted by molar-refractivity contribution is 5.31. The molecule has 84 valence electrons. The monoisotopic (exact) mass is 215 g/mol. The minimum Gasteiger partial charge on any atom is -0.218 e. The SMILES string of the molecule is CCCCCc1cnnn1-c1ccccc1. The molecule has 0 saturated heterocycles. The van der Waals surface area contributed by atoms with Crippen molar-refractivity contribution in [3.05, 3.63) is 42.2 Å². The zero-order valence-corrected chi connectivity index (χ0v) is 9.63. The van der Waals surface area contributed by atoms with Crippen molar-refractivity contribution in [3.8, 4) is 5.69 Å². The molecule has 1 aromatic carbocycles. The van der Waals surface area contributed by atoms with Crippen LogP contribution in [0.4, 0.5) is 0 Å². The number of aromatic nitrogens is 3. The van der Waals surface area contributed by atoms with Gasteiger partial charge < -0.3 is 0 Å². The molecular formula is C13H17N3. The largest absolute Gasteiger partial charge is 0.218 e. The molecule has 2 aromatic rings. The van der Waals surface area contributed by atoms with Crippen LogP contribution in [0.25, 0.3) is 5.69 Å². The summed E-state index contributed by atoms with van der Waals surface area (Å²) in [4.78, 5) is 0. The fourth-order valence-corrected chi connectivity index (χ4v) is 1.77. The van der Waals surface area contributed by atoms with Crippen molar-refractivity contribution in [1.82, 2.24) is 15.0 Å². The molecule has 0 aliphatic rings. The molecule has 1 heterocycles. The Morgan fingerprint density at radius 3 is 2.69 bits per heavy atom. The van der Waals surface area contributed by atoms with Gasteiger partial charge in [-0.1, -0.05) is 43.2 Å². The van der Waals surface area contributed by atoms with Gasteiger partial charge in [-0.25, -0.2) is 4.68 Å². The molecule has 0 fully saturated rings. The molecular weight excluding hydrogens is 198 g/mol. The summed E-state index contributed by atoms with van der Waals surface area (Å²) in [6, 6.07) is 10.2. The van der Waals surface area contributed by atoms with Gasteiger partial charge in [0.1, 0.15) is 0 Å². The minimum absolute atomic E-state index is 1.05. The third kappa shape index (κ3) is 2.48. The topological polar surface area (TPSA) is 30.7 Å². The Labute approximate surface area is 96.1 Å². The van der Waals surface area contributed by atoms with Crippen LogP contribution in [0.3, 0.4) is 0 Å². The summed E-state index contributed by atoms with van der Waals surface area (Å²) < 4.78 is 1.93. The van der Waals surface area contributed by atoms with Gasteiger partial charge in [-0.2, -0.15) is 0 Å². The number of nitrogens with zero attached hydrogens (tertiary/aromatic N) is 3. The number of aryl methyl sites for hydroxylation is 1. The predicted molar refractivity (Wildman–Crippen MR) is 64.6 cm³/mol. The average molecular weight is 215 g/mol. The van der Waals surface area contributed by atoms with Gasteiger partial charge in [0.15, 0.2) is 0 Å². The van der Waals surface area contributed by atoms with Gasteiger partial charge in [-0.05, 0) is 25.0 Å². The summed E-state index contributed by atoms with van der Waals surface area (Å²) >= 11 is 0. The van der Waals surface area contributed by atoms with Gasteiger partial charge in [-0.3, -0.25) is 0 Å². The number of para-hydroxylation sites is 1. The van der Waals surface area contributed by atoms with Gasteiger partial charge in [0.25, 0.3) is 0 Å². The van der Waals surface area contributed by atoms with Gasteiger partial charge in [-0.15, -0.1) is 5.10 Å². The van der Waals surface area contributed by atoms with Crippen LogP contribution in [0, 0.1) is 0 Å². The van der Waals surface area contributed by atoms with Crippen LogP contribution >= 0.6 is 0 Å². The smallest absolute Gasteiger partial charge is 0.0729 e. The molecule has 1 aromatic heterocycles. The number of rotatable bonds is 5. The van der Waals surface area contributed by atoms with Gasteiger partial charge in [0.05, 0.1) is 17.6 Å². The van der Waals surface area contributed by atoms with Gasteiger partial charge >= 0.3 is 0 Å². The van der Waals surface area contributed by atoms with E-state index in [-0.39, 0.29) is 0 Å². The molecule has 16 heavy (non-hydrogen) atoms. The number of benzene rings is 1. The van der Waals surface area contributed by atoms with E-state index in [4.69, 9.17) is 0 Å². The lowest BCUT2D eigenvalue weighted by Crippen LogP contribution is -2.02. The van der Waals surface area contributed by atoms with E-state index in [0.29, 0.717) is 0 Å². The minimum atomic E-state index is 1.05. The lowest BCUT2D eigenvalue weighted by Gasteiger charge is -2.05.